The summed E-state index contributed by atoms with van der Waals surface area (Å²) in [6.07, 6.45) is 4.05. The second-order valence-electron chi connectivity index (χ2n) is 5.98. The zero-order chi connectivity index (χ0) is 16.2. The van der Waals surface area contributed by atoms with Gasteiger partial charge in [-0.2, -0.15) is 0 Å². The van der Waals surface area contributed by atoms with E-state index in [1.54, 1.807) is 24.3 Å². The lowest BCUT2D eigenvalue weighted by Gasteiger charge is -2.09. The van der Waals surface area contributed by atoms with E-state index in [4.69, 9.17) is 0 Å². The van der Waals surface area contributed by atoms with Crippen LogP contribution in [0, 0.1) is 0 Å². The number of amides is 4. The Hall–Kier alpha value is -2.57. The molecule has 2 aliphatic carbocycles. The average Bonchev–Trinajstić information content (AvgIpc) is 3.42. The number of nitrogens with one attached hydrogen (secondary N) is 4. The van der Waals surface area contributed by atoms with Gasteiger partial charge in [-0.25, -0.2) is 4.79 Å². The molecule has 0 unspecified atom stereocenters. The lowest BCUT2D eigenvalue weighted by Crippen LogP contribution is -2.37. The smallest absolute Gasteiger partial charge is 0.319 e. The van der Waals surface area contributed by atoms with Crippen LogP contribution in [0.1, 0.15) is 36.0 Å². The summed E-state index contributed by atoms with van der Waals surface area (Å²) in [4.78, 5) is 35.3. The molecule has 1 aromatic rings. The van der Waals surface area contributed by atoms with E-state index < -0.39 is 0 Å². The average molecular weight is 316 g/mol. The Bertz CT molecular complexity index is 624. The first kappa shape index (κ1) is 15.3. The van der Waals surface area contributed by atoms with Crippen LogP contribution in [-0.4, -0.2) is 36.5 Å². The first-order valence-electron chi connectivity index (χ1n) is 7.85. The highest BCUT2D eigenvalue weighted by molar-refractivity contribution is 5.98. The summed E-state index contributed by atoms with van der Waals surface area (Å²) in [5.41, 5.74) is 0.937. The zero-order valence-electron chi connectivity index (χ0n) is 12.7. The van der Waals surface area contributed by atoms with Crippen molar-refractivity contribution < 1.29 is 14.4 Å². The third-order valence-corrected chi connectivity index (χ3v) is 3.65. The van der Waals surface area contributed by atoms with Crippen LogP contribution in [0.5, 0.6) is 0 Å². The molecule has 1 aromatic carbocycles. The van der Waals surface area contributed by atoms with Crippen molar-refractivity contribution in [3.05, 3.63) is 29.8 Å². The van der Waals surface area contributed by atoms with Gasteiger partial charge in [0.05, 0.1) is 6.54 Å². The lowest BCUT2D eigenvalue weighted by molar-refractivity contribution is -0.120. The Morgan fingerprint density at radius 1 is 1.00 bits per heavy atom. The number of carbonyl (C=O) groups is 3. The third kappa shape index (κ3) is 4.98. The summed E-state index contributed by atoms with van der Waals surface area (Å²) >= 11 is 0. The first-order valence-corrected chi connectivity index (χ1v) is 7.85. The van der Waals surface area contributed by atoms with Gasteiger partial charge in [-0.3, -0.25) is 9.59 Å². The molecule has 4 amide bonds. The summed E-state index contributed by atoms with van der Waals surface area (Å²) in [6, 6.07) is 6.89. The molecule has 0 radical (unpaired) electrons. The van der Waals surface area contributed by atoms with Crippen LogP contribution in [0.3, 0.4) is 0 Å². The number of urea groups is 1. The van der Waals surface area contributed by atoms with E-state index in [1.807, 2.05) is 0 Å². The minimum absolute atomic E-state index is 0.0465. The van der Waals surface area contributed by atoms with Crippen molar-refractivity contribution >= 4 is 23.5 Å². The standard InChI is InChI=1S/C16H20N4O3/c21-14(18-11-4-5-11)9-17-15(22)10-2-1-3-13(8-10)20-16(23)19-12-6-7-12/h1-3,8,11-12H,4-7,9H2,(H,17,22)(H,18,21)(H2,19,20,23). The van der Waals surface area contributed by atoms with Crippen molar-refractivity contribution in [1.82, 2.24) is 16.0 Å². The van der Waals surface area contributed by atoms with Crippen LogP contribution >= 0.6 is 0 Å². The predicted octanol–water partition coefficient (Wildman–Crippen LogP) is 0.979. The van der Waals surface area contributed by atoms with Crippen LogP contribution in [0.4, 0.5) is 10.5 Å². The maximum atomic E-state index is 12.1. The van der Waals surface area contributed by atoms with Crippen molar-refractivity contribution in [2.75, 3.05) is 11.9 Å². The van der Waals surface area contributed by atoms with Crippen LogP contribution < -0.4 is 21.3 Å². The summed E-state index contributed by atoms with van der Waals surface area (Å²) in [6.45, 7) is -0.0465. The molecule has 7 nitrogen and oxygen atoms in total. The van der Waals surface area contributed by atoms with Gasteiger partial charge in [0, 0.05) is 23.3 Å². The Morgan fingerprint density at radius 3 is 2.39 bits per heavy atom. The highest BCUT2D eigenvalue weighted by Gasteiger charge is 2.24. The number of carbonyl (C=O) groups excluding carboxylic acids is 3. The number of anilines is 1. The zero-order valence-corrected chi connectivity index (χ0v) is 12.7. The number of benzene rings is 1. The molecule has 0 heterocycles. The van der Waals surface area contributed by atoms with Crippen LogP contribution in [0.15, 0.2) is 24.3 Å². The second-order valence-corrected chi connectivity index (χ2v) is 5.98. The van der Waals surface area contributed by atoms with Gasteiger partial charge in [0.15, 0.2) is 0 Å². The molecular formula is C16H20N4O3. The van der Waals surface area contributed by atoms with Crippen LogP contribution in [-0.2, 0) is 4.79 Å². The highest BCUT2D eigenvalue weighted by Crippen LogP contribution is 2.19. The van der Waals surface area contributed by atoms with E-state index in [0.29, 0.717) is 11.3 Å². The van der Waals surface area contributed by atoms with E-state index in [-0.39, 0.29) is 36.5 Å². The number of hydrogen-bond donors (Lipinski definition) is 4. The van der Waals surface area contributed by atoms with Gasteiger partial charge in [0.1, 0.15) is 0 Å². The number of rotatable bonds is 6. The van der Waals surface area contributed by atoms with Crippen molar-refractivity contribution in [3.8, 4) is 0 Å². The van der Waals surface area contributed by atoms with E-state index in [2.05, 4.69) is 21.3 Å². The molecule has 4 N–H and O–H groups in total. The predicted molar refractivity (Wildman–Crippen MR) is 85.1 cm³/mol. The van der Waals surface area contributed by atoms with Gasteiger partial charge in [-0.05, 0) is 43.9 Å². The maximum absolute atomic E-state index is 12.1. The van der Waals surface area contributed by atoms with Gasteiger partial charge < -0.3 is 21.3 Å². The van der Waals surface area contributed by atoms with Gasteiger partial charge in [-0.1, -0.05) is 6.07 Å². The third-order valence-electron chi connectivity index (χ3n) is 3.65. The van der Waals surface area contributed by atoms with Crippen LogP contribution in [0.25, 0.3) is 0 Å². The monoisotopic (exact) mass is 316 g/mol. The normalized spacial score (nSPS) is 16.3. The molecule has 2 fully saturated rings. The molecule has 2 aliphatic rings. The Morgan fingerprint density at radius 2 is 1.70 bits per heavy atom. The van der Waals surface area contributed by atoms with Crippen molar-refractivity contribution in [3.63, 3.8) is 0 Å². The molecule has 0 atom stereocenters. The summed E-state index contributed by atoms with van der Waals surface area (Å²) in [7, 11) is 0. The second kappa shape index (κ2) is 6.68. The fourth-order valence-electron chi connectivity index (χ4n) is 2.09. The van der Waals surface area contributed by atoms with Crippen molar-refractivity contribution in [1.29, 1.82) is 0 Å². The maximum Gasteiger partial charge on any atom is 0.319 e. The minimum Gasteiger partial charge on any atom is -0.352 e. The van der Waals surface area contributed by atoms with Crippen molar-refractivity contribution in [2.45, 2.75) is 37.8 Å². The molecule has 0 bridgehead atoms. The largest absolute Gasteiger partial charge is 0.352 e. The van der Waals surface area contributed by atoms with E-state index in [0.717, 1.165) is 25.7 Å². The highest BCUT2D eigenvalue weighted by atomic mass is 16.2. The van der Waals surface area contributed by atoms with E-state index >= 15 is 0 Å². The van der Waals surface area contributed by atoms with Gasteiger partial charge in [-0.15, -0.1) is 0 Å². The van der Waals surface area contributed by atoms with E-state index in [1.165, 1.54) is 0 Å². The van der Waals surface area contributed by atoms with Crippen molar-refractivity contribution in [2.24, 2.45) is 0 Å². The Balaban J connectivity index is 1.49. The molecule has 0 saturated heterocycles. The fourth-order valence-corrected chi connectivity index (χ4v) is 2.09. The van der Waals surface area contributed by atoms with Crippen LogP contribution in [0.2, 0.25) is 0 Å². The van der Waals surface area contributed by atoms with E-state index in [9.17, 15) is 14.4 Å². The molecule has 0 aliphatic heterocycles. The number of hydrogen-bond acceptors (Lipinski definition) is 3. The Kier molecular flexibility index (Phi) is 4.45. The minimum atomic E-state index is -0.345. The molecular weight excluding hydrogens is 296 g/mol. The topological polar surface area (TPSA) is 99.3 Å². The summed E-state index contributed by atoms with van der Waals surface area (Å²) < 4.78 is 0. The quantitative estimate of drug-likeness (QED) is 0.629. The molecule has 0 aromatic heterocycles. The summed E-state index contributed by atoms with van der Waals surface area (Å²) in [5, 5.41) is 10.9. The summed E-state index contributed by atoms with van der Waals surface area (Å²) in [5.74, 6) is -0.527. The van der Waals surface area contributed by atoms with Gasteiger partial charge in [0.25, 0.3) is 5.91 Å². The molecule has 7 heteroatoms. The molecule has 0 spiro atoms. The lowest BCUT2D eigenvalue weighted by atomic mass is 10.2. The van der Waals surface area contributed by atoms with Gasteiger partial charge in [0.2, 0.25) is 5.91 Å². The SMILES string of the molecule is O=C(CNC(=O)c1cccc(NC(=O)NC2CC2)c1)NC1CC1. The molecule has 2 saturated carbocycles. The van der Waals surface area contributed by atoms with Gasteiger partial charge >= 0.3 is 6.03 Å². The molecule has 3 rings (SSSR count). The molecule has 23 heavy (non-hydrogen) atoms. The fraction of sp³-hybridized carbons (Fsp3) is 0.438. The first-order chi connectivity index (χ1) is 11.1. The Labute approximate surface area is 134 Å². The molecule has 122 valence electrons.